The molecule has 0 bridgehead atoms. The largest absolute Gasteiger partial charge is 0.472 e. The molecular weight excluding hydrogens is 846 g/mol. The van der Waals surface area contributed by atoms with E-state index < -0.39 is 101 Å². The lowest BCUT2D eigenvalue weighted by Gasteiger charge is -2.27. The fourth-order valence-electron chi connectivity index (χ4n) is 7.37. The fourth-order valence-corrected chi connectivity index (χ4v) is 9.15. The van der Waals surface area contributed by atoms with Crippen LogP contribution in [0.4, 0.5) is 10.7 Å². The van der Waals surface area contributed by atoms with Crippen molar-refractivity contribution in [2.75, 3.05) is 31.4 Å². The summed E-state index contributed by atoms with van der Waals surface area (Å²) in [6.45, 7) is 6.14. The molecule has 3 unspecified atom stereocenters. The molecule has 5 aromatic rings. The van der Waals surface area contributed by atoms with Crippen LogP contribution in [0, 0.1) is 18.8 Å². The van der Waals surface area contributed by atoms with Crippen molar-refractivity contribution in [2.45, 2.75) is 77.2 Å². The summed E-state index contributed by atoms with van der Waals surface area (Å²) in [4.78, 5) is 84.0. The number of rotatable bonds is 8. The summed E-state index contributed by atoms with van der Waals surface area (Å²) >= 11 is 0. The molecule has 24 nitrogen and oxygen atoms in total. The van der Waals surface area contributed by atoms with E-state index >= 15 is 0 Å². The predicted octanol–water partition coefficient (Wildman–Crippen LogP) is 2.42. The van der Waals surface area contributed by atoms with Crippen molar-refractivity contribution in [2.24, 2.45) is 11.8 Å². The van der Waals surface area contributed by atoms with Gasteiger partial charge in [0, 0.05) is 12.5 Å². The van der Waals surface area contributed by atoms with Gasteiger partial charge in [0.25, 0.3) is 11.1 Å². The summed E-state index contributed by atoms with van der Waals surface area (Å²) in [5.74, 6) is -0.0291. The number of ether oxygens (including phenoxy) is 4. The number of carbonyl (C=O) groups is 1. The van der Waals surface area contributed by atoms with Crippen LogP contribution in [-0.2, 0) is 48.3 Å². The van der Waals surface area contributed by atoms with E-state index in [1.165, 1.54) is 21.8 Å². The van der Waals surface area contributed by atoms with Crippen LogP contribution in [-0.4, -0.2) is 111 Å². The van der Waals surface area contributed by atoms with E-state index in [0.717, 1.165) is 0 Å². The number of aromatic amines is 2. The summed E-state index contributed by atoms with van der Waals surface area (Å²) in [7, 11) is -9.80. The topological polar surface area (TPSA) is 307 Å². The molecule has 3 saturated heterocycles. The van der Waals surface area contributed by atoms with Crippen molar-refractivity contribution in [3.63, 3.8) is 0 Å². The molecule has 1 amide bonds. The van der Waals surface area contributed by atoms with Gasteiger partial charge in [-0.2, -0.15) is 4.98 Å². The van der Waals surface area contributed by atoms with Gasteiger partial charge >= 0.3 is 21.5 Å². The molecule has 1 aromatic carbocycles. The maximum Gasteiger partial charge on any atom is 0.472 e. The molecule has 6 N–H and O–H groups in total. The highest BCUT2D eigenvalue weighted by molar-refractivity contribution is 7.52. The number of nitrogens with zero attached hydrogens (tertiary/aromatic N) is 6. The first-order valence-corrected chi connectivity index (χ1v) is 22.5. The minimum atomic E-state index is -5.16. The second-order valence-corrected chi connectivity index (χ2v) is 18.4. The van der Waals surface area contributed by atoms with Gasteiger partial charge in [-0.1, -0.05) is 51.1 Å². The van der Waals surface area contributed by atoms with E-state index in [2.05, 4.69) is 40.5 Å². The SMILES string of the molecule is Cc1nc2c(ncn2[C@@H]2O[C@@H]3COP(=O)(O)O[C@@H]4[C@@H](COP(=O)(O)CO[C@H]3[C@H]2C)OC(n2cnc3c(=O)[nH]c(NCC(C)C)nc32)[C@@H]4NC(=O)OCc2ccccc2)c(=O)[nH]1. The van der Waals surface area contributed by atoms with Gasteiger partial charge in [0.15, 0.2) is 28.6 Å². The zero-order chi connectivity index (χ0) is 43.2. The van der Waals surface area contributed by atoms with E-state index in [1.807, 2.05) is 13.8 Å². The van der Waals surface area contributed by atoms with Crippen LogP contribution in [0.5, 0.6) is 0 Å². The van der Waals surface area contributed by atoms with E-state index in [0.29, 0.717) is 17.9 Å². The molecule has 7 heterocycles. The highest BCUT2D eigenvalue weighted by Crippen LogP contribution is 2.52. The van der Waals surface area contributed by atoms with Crippen LogP contribution in [0.15, 0.2) is 52.6 Å². The molecule has 4 aromatic heterocycles. The van der Waals surface area contributed by atoms with Crippen molar-refractivity contribution in [1.82, 2.24) is 44.4 Å². The number of carbonyl (C=O) groups excluding carboxylic acids is 1. The van der Waals surface area contributed by atoms with E-state index in [-0.39, 0.29) is 40.8 Å². The maximum absolute atomic E-state index is 13.9. The van der Waals surface area contributed by atoms with Gasteiger partial charge < -0.3 is 48.9 Å². The highest BCUT2D eigenvalue weighted by Gasteiger charge is 2.53. The third-order valence-electron chi connectivity index (χ3n) is 10.2. The number of hydrogen-bond acceptors (Lipinski definition) is 17. The normalized spacial score (nSPS) is 30.9. The number of phosphoric ester groups is 1. The number of nitrogens with one attached hydrogen (secondary N) is 4. The highest BCUT2D eigenvalue weighted by atomic mass is 31.2. The molecule has 0 aliphatic carbocycles. The average molecular weight is 891 g/mol. The Labute approximate surface area is 345 Å². The first-order chi connectivity index (χ1) is 29.1. The number of anilines is 1. The average Bonchev–Trinajstić information content (AvgIpc) is 3.98. The molecule has 3 aliphatic rings. The Bertz CT molecular complexity index is 2620. The predicted molar refractivity (Wildman–Crippen MR) is 211 cm³/mol. The fraction of sp³-hybridized carbons (Fsp3) is 0.514. The Morgan fingerprint density at radius 2 is 1.57 bits per heavy atom. The van der Waals surface area contributed by atoms with Crippen LogP contribution < -0.4 is 21.8 Å². The Hall–Kier alpha value is -4.87. The number of amides is 1. The number of fused-ring (bicyclic) bond motifs is 4. The summed E-state index contributed by atoms with van der Waals surface area (Å²) in [5.41, 5.74) is -0.289. The van der Waals surface area contributed by atoms with Gasteiger partial charge in [-0.15, -0.1) is 0 Å². The third-order valence-corrected chi connectivity index (χ3v) is 12.2. The molecule has 8 rings (SSSR count). The van der Waals surface area contributed by atoms with Gasteiger partial charge in [0.2, 0.25) is 5.95 Å². The standard InChI is InChI=1S/C35H44N10O14P2/c1-17(2)10-36-34-42-29-25(31(47)43-34)38-15-45(29)33-23(41-35(48)53-11-20-8-6-5-7-9-20)27-22(58-33)12-55-60(49,50)16-54-26-18(3)32(57-21(26)13-56-61(51,52)59-27)44-14-37-24-28(44)39-19(4)40-30(24)46/h5-9,14-15,17-18,21-23,26-27,32-33H,10-13,16H2,1-4H3,(H,41,48)(H,49,50)(H,51,52)(H,39,40,46)(H2,36,42,43,47)/t18-,21-,22-,23-,26+,27-,32-,33?/m1/s1. The molecule has 61 heavy (non-hydrogen) atoms. The minimum Gasteiger partial charge on any atom is -0.445 e. The van der Waals surface area contributed by atoms with Crippen molar-refractivity contribution >= 4 is 49.8 Å². The quantitative estimate of drug-likeness (QED) is 0.122. The number of phosphoric acid groups is 1. The van der Waals surface area contributed by atoms with E-state index in [1.54, 1.807) is 44.2 Å². The van der Waals surface area contributed by atoms with Crippen LogP contribution in [0.3, 0.4) is 0 Å². The summed E-state index contributed by atoms with van der Waals surface area (Å²) < 4.78 is 71.1. The minimum absolute atomic E-state index is 0.00224. The number of imidazole rings is 2. The lowest BCUT2D eigenvalue weighted by molar-refractivity contribution is -0.0576. The van der Waals surface area contributed by atoms with Crippen molar-refractivity contribution in [3.05, 3.63) is 75.1 Å². The maximum atomic E-state index is 13.9. The van der Waals surface area contributed by atoms with E-state index in [9.17, 15) is 33.3 Å². The Balaban J connectivity index is 1.11. The molecule has 0 radical (unpaired) electrons. The zero-order valence-corrected chi connectivity index (χ0v) is 34.9. The van der Waals surface area contributed by atoms with Crippen molar-refractivity contribution in [3.8, 4) is 0 Å². The number of benzene rings is 1. The van der Waals surface area contributed by atoms with Crippen LogP contribution in [0.2, 0.25) is 0 Å². The molecule has 10 atom stereocenters. The van der Waals surface area contributed by atoms with Crippen LogP contribution in [0.25, 0.3) is 22.3 Å². The monoisotopic (exact) mass is 890 g/mol. The molecule has 3 aliphatic heterocycles. The smallest absolute Gasteiger partial charge is 0.445 e. The molecular formula is C35H44N10O14P2. The Morgan fingerprint density at radius 1 is 0.934 bits per heavy atom. The lowest BCUT2D eigenvalue weighted by Crippen LogP contribution is -2.48. The molecule has 26 heteroatoms. The van der Waals surface area contributed by atoms with E-state index in [4.69, 9.17) is 32.5 Å². The number of aromatic nitrogens is 8. The first kappa shape index (κ1) is 42.8. The molecule has 0 saturated carbocycles. The van der Waals surface area contributed by atoms with Gasteiger partial charge in [0.1, 0.15) is 49.4 Å². The second kappa shape index (κ2) is 17.1. The second-order valence-electron chi connectivity index (χ2n) is 15.2. The summed E-state index contributed by atoms with van der Waals surface area (Å²) in [6, 6.07) is 7.34. The molecule has 0 spiro atoms. The third kappa shape index (κ3) is 9.19. The lowest BCUT2D eigenvalue weighted by atomic mass is 10.0. The Morgan fingerprint density at radius 3 is 2.30 bits per heavy atom. The van der Waals surface area contributed by atoms with Crippen LogP contribution >= 0.6 is 15.4 Å². The van der Waals surface area contributed by atoms with Gasteiger partial charge in [-0.3, -0.25) is 37.3 Å². The van der Waals surface area contributed by atoms with Crippen molar-refractivity contribution in [1.29, 1.82) is 0 Å². The molecule has 328 valence electrons. The van der Waals surface area contributed by atoms with Crippen molar-refractivity contribution < 1.29 is 56.2 Å². The van der Waals surface area contributed by atoms with Gasteiger partial charge in [-0.25, -0.2) is 24.3 Å². The number of hydrogen-bond donors (Lipinski definition) is 6. The molecule has 3 fully saturated rings. The van der Waals surface area contributed by atoms with Crippen LogP contribution in [0.1, 0.15) is 44.6 Å². The van der Waals surface area contributed by atoms with Gasteiger partial charge in [0.05, 0.1) is 32.0 Å². The number of aryl methyl sites for hydroxylation is 1. The summed E-state index contributed by atoms with van der Waals surface area (Å²) in [6.07, 6.45) is -6.92. The summed E-state index contributed by atoms with van der Waals surface area (Å²) in [5, 5.41) is 5.68. The Kier molecular flexibility index (Phi) is 12.0. The first-order valence-electron chi connectivity index (χ1n) is 19.2. The van der Waals surface area contributed by atoms with Gasteiger partial charge in [-0.05, 0) is 18.4 Å². The number of H-pyrrole nitrogens is 2. The zero-order valence-electron chi connectivity index (χ0n) is 33.1. The number of alkyl carbamates (subject to hydrolysis) is 1.